The maximum Gasteiger partial charge on any atom is 0.225 e. The third kappa shape index (κ3) is 4.86. The lowest BCUT2D eigenvalue weighted by atomic mass is 10.1. The highest BCUT2D eigenvalue weighted by Gasteiger charge is 2.14. The molecule has 0 saturated carbocycles. The summed E-state index contributed by atoms with van der Waals surface area (Å²) >= 11 is 0. The average Bonchev–Trinajstić information content (AvgIpc) is 2.68. The predicted molar refractivity (Wildman–Crippen MR) is 96.7 cm³/mol. The fraction of sp³-hybridized carbons (Fsp3) is 0.368. The first-order valence-corrected chi connectivity index (χ1v) is 8.67. The van der Waals surface area contributed by atoms with Gasteiger partial charge in [-0.15, -0.1) is 0 Å². The Hall–Kier alpha value is -2.76. The number of nitrogens with zero attached hydrogens (tertiary/aromatic N) is 3. The van der Waals surface area contributed by atoms with Gasteiger partial charge in [-0.25, -0.2) is 9.97 Å². The summed E-state index contributed by atoms with van der Waals surface area (Å²) in [5, 5.41) is 2.76. The second kappa shape index (κ2) is 8.37. The molecule has 2 heterocycles. The molecule has 0 unspecified atom stereocenters. The summed E-state index contributed by atoms with van der Waals surface area (Å²) in [6.07, 6.45) is 5.35. The topological polar surface area (TPSA) is 75.2 Å². The molecule has 3 rings (SSSR count). The molecule has 2 aromatic rings. The van der Waals surface area contributed by atoms with E-state index in [4.69, 9.17) is 0 Å². The van der Waals surface area contributed by atoms with E-state index in [0.717, 1.165) is 31.7 Å². The van der Waals surface area contributed by atoms with Gasteiger partial charge in [0.15, 0.2) is 5.78 Å². The van der Waals surface area contributed by atoms with Gasteiger partial charge in [0.1, 0.15) is 18.0 Å². The molecular weight excluding hydrogens is 316 g/mol. The Morgan fingerprint density at radius 3 is 2.52 bits per heavy atom. The molecule has 1 aromatic carbocycles. The van der Waals surface area contributed by atoms with Crippen LogP contribution in [0.25, 0.3) is 0 Å². The van der Waals surface area contributed by atoms with Gasteiger partial charge in [-0.3, -0.25) is 9.59 Å². The number of carbonyl (C=O) groups is 2. The number of anilines is 2. The summed E-state index contributed by atoms with van der Waals surface area (Å²) < 4.78 is 0. The van der Waals surface area contributed by atoms with Crippen LogP contribution in [0.1, 0.15) is 42.5 Å². The second-order valence-corrected chi connectivity index (χ2v) is 6.15. The van der Waals surface area contributed by atoms with Gasteiger partial charge in [0.25, 0.3) is 0 Å². The van der Waals surface area contributed by atoms with Gasteiger partial charge in [-0.2, -0.15) is 0 Å². The standard InChI is InChI=1S/C19H22N4O2/c24-16(15-7-3-1-4-8-15)9-10-19(25)22-17-13-18(21-14-20-17)23-11-5-2-6-12-23/h1,3-4,7-8,13-14H,2,5-6,9-12H2,(H,20,21,22,25). The minimum Gasteiger partial charge on any atom is -0.356 e. The lowest BCUT2D eigenvalue weighted by Gasteiger charge is -2.27. The summed E-state index contributed by atoms with van der Waals surface area (Å²) in [7, 11) is 0. The largest absolute Gasteiger partial charge is 0.356 e. The van der Waals surface area contributed by atoms with Crippen LogP contribution in [0.3, 0.4) is 0 Å². The zero-order valence-corrected chi connectivity index (χ0v) is 14.1. The fourth-order valence-electron chi connectivity index (χ4n) is 2.91. The van der Waals surface area contributed by atoms with Crippen molar-refractivity contribution in [1.29, 1.82) is 0 Å². The Bertz CT molecular complexity index is 727. The van der Waals surface area contributed by atoms with Crippen molar-refractivity contribution < 1.29 is 9.59 Å². The maximum absolute atomic E-state index is 12.1. The normalized spacial score (nSPS) is 14.2. The van der Waals surface area contributed by atoms with E-state index in [1.165, 1.54) is 12.7 Å². The third-order valence-corrected chi connectivity index (χ3v) is 4.28. The zero-order valence-electron chi connectivity index (χ0n) is 14.1. The quantitative estimate of drug-likeness (QED) is 0.819. The van der Waals surface area contributed by atoms with Gasteiger partial charge in [-0.05, 0) is 19.3 Å². The first-order chi connectivity index (χ1) is 12.2. The lowest BCUT2D eigenvalue weighted by Crippen LogP contribution is -2.30. The second-order valence-electron chi connectivity index (χ2n) is 6.15. The van der Waals surface area contributed by atoms with E-state index in [0.29, 0.717) is 11.4 Å². The molecule has 1 aliphatic rings. The van der Waals surface area contributed by atoms with Crippen molar-refractivity contribution in [3.8, 4) is 0 Å². The molecule has 25 heavy (non-hydrogen) atoms. The minimum atomic E-state index is -0.215. The summed E-state index contributed by atoms with van der Waals surface area (Å²) in [6, 6.07) is 10.8. The molecule has 0 bridgehead atoms. The van der Waals surface area contributed by atoms with Gasteiger partial charge in [0, 0.05) is 37.6 Å². The lowest BCUT2D eigenvalue weighted by molar-refractivity contribution is -0.116. The molecule has 130 valence electrons. The number of hydrogen-bond acceptors (Lipinski definition) is 5. The van der Waals surface area contributed by atoms with Crippen molar-refractivity contribution in [3.63, 3.8) is 0 Å². The smallest absolute Gasteiger partial charge is 0.225 e. The molecule has 1 aromatic heterocycles. The highest BCUT2D eigenvalue weighted by Crippen LogP contribution is 2.19. The van der Waals surface area contributed by atoms with E-state index in [2.05, 4.69) is 20.2 Å². The van der Waals surface area contributed by atoms with Crippen molar-refractivity contribution in [2.24, 2.45) is 0 Å². The number of aromatic nitrogens is 2. The van der Waals surface area contributed by atoms with Gasteiger partial charge in [0.2, 0.25) is 5.91 Å². The van der Waals surface area contributed by atoms with E-state index in [9.17, 15) is 9.59 Å². The van der Waals surface area contributed by atoms with Crippen LogP contribution in [0.2, 0.25) is 0 Å². The monoisotopic (exact) mass is 338 g/mol. The first-order valence-electron chi connectivity index (χ1n) is 8.67. The summed E-state index contributed by atoms with van der Waals surface area (Å²) in [4.78, 5) is 34.8. The molecule has 1 amide bonds. The van der Waals surface area contributed by atoms with Gasteiger partial charge in [0.05, 0.1) is 0 Å². The molecule has 6 heteroatoms. The molecule has 0 atom stereocenters. The van der Waals surface area contributed by atoms with Crippen molar-refractivity contribution in [1.82, 2.24) is 9.97 Å². The van der Waals surface area contributed by atoms with Gasteiger partial charge < -0.3 is 10.2 Å². The van der Waals surface area contributed by atoms with E-state index in [1.807, 2.05) is 18.2 Å². The molecule has 6 nitrogen and oxygen atoms in total. The number of carbonyl (C=O) groups excluding carboxylic acids is 2. The maximum atomic E-state index is 12.1. The molecule has 1 saturated heterocycles. The first kappa shape index (κ1) is 17.1. The van der Waals surface area contributed by atoms with Gasteiger partial charge in [-0.1, -0.05) is 30.3 Å². The van der Waals surface area contributed by atoms with E-state index in [1.54, 1.807) is 18.2 Å². The average molecular weight is 338 g/mol. The third-order valence-electron chi connectivity index (χ3n) is 4.28. The van der Waals surface area contributed by atoms with Crippen LogP contribution in [0, 0.1) is 0 Å². The number of nitrogens with one attached hydrogen (secondary N) is 1. The van der Waals surface area contributed by atoms with Crippen LogP contribution < -0.4 is 10.2 Å². The molecule has 0 radical (unpaired) electrons. The highest BCUT2D eigenvalue weighted by molar-refractivity contribution is 5.99. The molecular formula is C19H22N4O2. The van der Waals surface area contributed by atoms with E-state index >= 15 is 0 Å². The van der Waals surface area contributed by atoms with Crippen molar-refractivity contribution in [2.45, 2.75) is 32.1 Å². The van der Waals surface area contributed by atoms with Crippen LogP contribution in [0.4, 0.5) is 11.6 Å². The molecule has 1 aliphatic heterocycles. The van der Waals surface area contributed by atoms with E-state index < -0.39 is 0 Å². The number of hydrogen-bond donors (Lipinski definition) is 1. The Balaban J connectivity index is 1.53. The SMILES string of the molecule is O=C(CCC(=O)c1ccccc1)Nc1cc(N2CCCCC2)ncn1. The molecule has 0 aliphatic carbocycles. The van der Waals surface area contributed by atoms with Crippen LogP contribution in [0.15, 0.2) is 42.7 Å². The van der Waals surface area contributed by atoms with Crippen LogP contribution >= 0.6 is 0 Å². The van der Waals surface area contributed by atoms with Crippen LogP contribution in [0.5, 0.6) is 0 Å². The number of Topliss-reactive ketones (excluding diaryl/α,β-unsaturated/α-hetero) is 1. The number of piperidine rings is 1. The number of benzene rings is 1. The Kier molecular flexibility index (Phi) is 5.72. The summed E-state index contributed by atoms with van der Waals surface area (Å²) in [5.41, 5.74) is 0.629. The zero-order chi connectivity index (χ0) is 17.5. The number of ketones is 1. The number of rotatable bonds is 6. The Labute approximate surface area is 147 Å². The number of amides is 1. The van der Waals surface area contributed by atoms with Gasteiger partial charge >= 0.3 is 0 Å². The summed E-state index contributed by atoms with van der Waals surface area (Å²) in [5.74, 6) is 1.07. The minimum absolute atomic E-state index is 0.0348. The van der Waals surface area contributed by atoms with Crippen molar-refractivity contribution >= 4 is 23.3 Å². The van der Waals surface area contributed by atoms with Crippen LogP contribution in [-0.4, -0.2) is 34.7 Å². The van der Waals surface area contributed by atoms with Crippen LogP contribution in [-0.2, 0) is 4.79 Å². The molecule has 1 N–H and O–H groups in total. The van der Waals surface area contributed by atoms with E-state index in [-0.39, 0.29) is 24.5 Å². The predicted octanol–water partition coefficient (Wildman–Crippen LogP) is 3.07. The summed E-state index contributed by atoms with van der Waals surface area (Å²) in [6.45, 7) is 1.96. The van der Waals surface area contributed by atoms with Crippen molar-refractivity contribution in [2.75, 3.05) is 23.3 Å². The Morgan fingerprint density at radius 1 is 1.00 bits per heavy atom. The fourth-order valence-corrected chi connectivity index (χ4v) is 2.91. The Morgan fingerprint density at radius 2 is 1.76 bits per heavy atom. The molecule has 0 spiro atoms. The molecule has 1 fully saturated rings. The highest BCUT2D eigenvalue weighted by atomic mass is 16.2. The van der Waals surface area contributed by atoms with Crippen molar-refractivity contribution in [3.05, 3.63) is 48.3 Å².